The van der Waals surface area contributed by atoms with E-state index in [0.717, 1.165) is 18.3 Å². The van der Waals surface area contributed by atoms with Crippen molar-refractivity contribution in [1.82, 2.24) is 0 Å². The summed E-state index contributed by atoms with van der Waals surface area (Å²) >= 11 is 0. The number of hydrogen-bond acceptors (Lipinski definition) is 3. The lowest BCUT2D eigenvalue weighted by Gasteiger charge is -2.39. The average Bonchev–Trinajstić information content (AvgIpc) is 2.82. The SMILES string of the molecule is CC(=C/C=O)/C=C/[C@@]12O[C@]1(C)C[C@@H](O)CC2(C)C. The van der Waals surface area contributed by atoms with Crippen LogP contribution in [0.15, 0.2) is 23.8 Å². The number of rotatable bonds is 3. The van der Waals surface area contributed by atoms with Gasteiger partial charge in [-0.2, -0.15) is 0 Å². The van der Waals surface area contributed by atoms with E-state index in [1.165, 1.54) is 6.08 Å². The van der Waals surface area contributed by atoms with Crippen LogP contribution in [0.25, 0.3) is 0 Å². The first-order valence-corrected chi connectivity index (χ1v) is 6.46. The summed E-state index contributed by atoms with van der Waals surface area (Å²) in [5.41, 5.74) is 0.236. The lowest BCUT2D eigenvalue weighted by atomic mass is 9.63. The van der Waals surface area contributed by atoms with E-state index in [-0.39, 0.29) is 22.7 Å². The third-order valence-electron chi connectivity index (χ3n) is 4.42. The van der Waals surface area contributed by atoms with Crippen molar-refractivity contribution in [1.29, 1.82) is 0 Å². The Morgan fingerprint density at radius 2 is 2.00 bits per heavy atom. The number of allylic oxidation sites excluding steroid dienone is 3. The first-order chi connectivity index (χ1) is 8.26. The summed E-state index contributed by atoms with van der Waals surface area (Å²) < 4.78 is 6.00. The van der Waals surface area contributed by atoms with Crippen LogP contribution in [0.3, 0.4) is 0 Å². The molecule has 0 aromatic rings. The molecule has 2 fully saturated rings. The maximum atomic E-state index is 10.4. The molecule has 1 saturated heterocycles. The van der Waals surface area contributed by atoms with Crippen molar-refractivity contribution in [3.8, 4) is 0 Å². The van der Waals surface area contributed by atoms with Crippen LogP contribution in [0, 0.1) is 5.41 Å². The molecule has 0 spiro atoms. The molecule has 0 aromatic carbocycles. The molecule has 1 saturated carbocycles. The maximum Gasteiger partial charge on any atom is 0.143 e. The molecule has 18 heavy (non-hydrogen) atoms. The van der Waals surface area contributed by atoms with Crippen LogP contribution in [0.4, 0.5) is 0 Å². The number of aliphatic hydroxyl groups excluding tert-OH is 1. The molecule has 0 aromatic heterocycles. The number of fused-ring (bicyclic) bond motifs is 1. The molecule has 0 unspecified atom stereocenters. The van der Waals surface area contributed by atoms with Gasteiger partial charge >= 0.3 is 0 Å². The second kappa shape index (κ2) is 4.04. The number of epoxide rings is 1. The molecule has 1 N–H and O–H groups in total. The van der Waals surface area contributed by atoms with Crippen LogP contribution in [0.1, 0.15) is 40.5 Å². The molecule has 1 heterocycles. The minimum Gasteiger partial charge on any atom is -0.393 e. The van der Waals surface area contributed by atoms with Crippen LogP contribution >= 0.6 is 0 Å². The highest BCUT2D eigenvalue weighted by molar-refractivity contribution is 5.67. The van der Waals surface area contributed by atoms with Crippen molar-refractivity contribution in [2.75, 3.05) is 0 Å². The Morgan fingerprint density at radius 3 is 2.56 bits per heavy atom. The van der Waals surface area contributed by atoms with Gasteiger partial charge in [0, 0.05) is 11.8 Å². The number of ether oxygens (including phenoxy) is 1. The highest BCUT2D eigenvalue weighted by Crippen LogP contribution is 2.66. The van der Waals surface area contributed by atoms with Gasteiger partial charge in [0.15, 0.2) is 0 Å². The minimum atomic E-state index is -0.308. The fraction of sp³-hybridized carbons (Fsp3) is 0.667. The van der Waals surface area contributed by atoms with Gasteiger partial charge < -0.3 is 9.84 Å². The molecule has 0 bridgehead atoms. The van der Waals surface area contributed by atoms with Crippen LogP contribution < -0.4 is 0 Å². The number of aldehydes is 1. The molecule has 3 heteroatoms. The molecular formula is C15H22O3. The molecule has 1 aliphatic carbocycles. The predicted molar refractivity (Wildman–Crippen MR) is 70.2 cm³/mol. The largest absolute Gasteiger partial charge is 0.393 e. The van der Waals surface area contributed by atoms with Gasteiger partial charge in [-0.3, -0.25) is 4.79 Å². The van der Waals surface area contributed by atoms with Gasteiger partial charge in [-0.1, -0.05) is 19.9 Å². The van der Waals surface area contributed by atoms with Gasteiger partial charge in [0.05, 0.1) is 6.10 Å². The van der Waals surface area contributed by atoms with Crippen LogP contribution in [-0.4, -0.2) is 28.7 Å². The zero-order chi connectivity index (χ0) is 13.6. The highest BCUT2D eigenvalue weighted by Gasteiger charge is 2.74. The van der Waals surface area contributed by atoms with E-state index in [0.29, 0.717) is 6.42 Å². The topological polar surface area (TPSA) is 49.8 Å². The summed E-state index contributed by atoms with van der Waals surface area (Å²) in [4.78, 5) is 10.4. The Morgan fingerprint density at radius 1 is 1.33 bits per heavy atom. The molecule has 0 radical (unpaired) electrons. The van der Waals surface area contributed by atoms with E-state index in [1.54, 1.807) is 0 Å². The van der Waals surface area contributed by atoms with Gasteiger partial charge in [-0.15, -0.1) is 0 Å². The molecule has 2 aliphatic rings. The lowest BCUT2D eigenvalue weighted by molar-refractivity contribution is -0.104. The van der Waals surface area contributed by atoms with E-state index in [1.807, 2.05) is 13.0 Å². The smallest absolute Gasteiger partial charge is 0.143 e. The zero-order valence-corrected chi connectivity index (χ0v) is 11.6. The van der Waals surface area contributed by atoms with E-state index in [9.17, 15) is 9.90 Å². The van der Waals surface area contributed by atoms with Crippen molar-refractivity contribution in [3.05, 3.63) is 23.8 Å². The van der Waals surface area contributed by atoms with Gasteiger partial charge in [0.2, 0.25) is 0 Å². The number of hydrogen-bond donors (Lipinski definition) is 1. The fourth-order valence-electron chi connectivity index (χ4n) is 3.49. The molecule has 2 rings (SSSR count). The van der Waals surface area contributed by atoms with E-state index in [2.05, 4.69) is 26.8 Å². The van der Waals surface area contributed by atoms with Gasteiger partial charge in [-0.05, 0) is 38.0 Å². The Hall–Kier alpha value is -0.930. The Balaban J connectivity index is 2.27. The highest BCUT2D eigenvalue weighted by atomic mass is 16.6. The molecular weight excluding hydrogens is 228 g/mol. The van der Waals surface area contributed by atoms with Crippen LogP contribution in [-0.2, 0) is 9.53 Å². The normalized spacial score (nSPS) is 42.7. The summed E-state index contributed by atoms with van der Waals surface area (Å²) in [5, 5.41) is 9.92. The quantitative estimate of drug-likeness (QED) is 0.362. The molecule has 3 nitrogen and oxygen atoms in total. The number of carbonyl (C=O) groups is 1. The first kappa shape index (κ1) is 13.5. The van der Waals surface area contributed by atoms with Crippen molar-refractivity contribution in [3.63, 3.8) is 0 Å². The number of aliphatic hydroxyl groups is 1. The summed E-state index contributed by atoms with van der Waals surface area (Å²) in [5.74, 6) is 0. The monoisotopic (exact) mass is 250 g/mol. The predicted octanol–water partition coefficient (Wildman–Crippen LogP) is 2.40. The minimum absolute atomic E-state index is 0.0998. The fourth-order valence-corrected chi connectivity index (χ4v) is 3.49. The van der Waals surface area contributed by atoms with Gasteiger partial charge in [-0.25, -0.2) is 0 Å². The van der Waals surface area contributed by atoms with Crippen molar-refractivity contribution in [2.45, 2.75) is 57.8 Å². The lowest BCUT2D eigenvalue weighted by Crippen LogP contribution is -2.46. The number of carbonyl (C=O) groups excluding carboxylic acids is 1. The second-order valence-corrected chi connectivity index (χ2v) is 6.39. The van der Waals surface area contributed by atoms with Crippen molar-refractivity contribution < 1.29 is 14.6 Å². The molecule has 3 atom stereocenters. The Bertz CT molecular complexity index is 421. The van der Waals surface area contributed by atoms with Crippen molar-refractivity contribution in [2.24, 2.45) is 5.41 Å². The maximum absolute atomic E-state index is 10.4. The van der Waals surface area contributed by atoms with Gasteiger partial charge in [0.1, 0.15) is 17.5 Å². The summed E-state index contributed by atoms with van der Waals surface area (Å²) in [6.07, 6.45) is 7.46. The molecule has 100 valence electrons. The molecule has 1 aliphatic heterocycles. The van der Waals surface area contributed by atoms with E-state index in [4.69, 9.17) is 4.74 Å². The van der Waals surface area contributed by atoms with Crippen LogP contribution in [0.2, 0.25) is 0 Å². The van der Waals surface area contributed by atoms with E-state index < -0.39 is 0 Å². The Kier molecular flexibility index (Phi) is 3.03. The first-order valence-electron chi connectivity index (χ1n) is 6.46. The summed E-state index contributed by atoms with van der Waals surface area (Å²) in [7, 11) is 0. The Labute approximate surface area is 109 Å². The third-order valence-corrected chi connectivity index (χ3v) is 4.42. The summed E-state index contributed by atoms with van der Waals surface area (Å²) in [6, 6.07) is 0. The van der Waals surface area contributed by atoms with Crippen LogP contribution in [0.5, 0.6) is 0 Å². The average molecular weight is 250 g/mol. The summed E-state index contributed by atoms with van der Waals surface area (Å²) in [6.45, 7) is 8.21. The van der Waals surface area contributed by atoms with Crippen molar-refractivity contribution >= 4 is 6.29 Å². The zero-order valence-electron chi connectivity index (χ0n) is 11.6. The standard InChI is InChI=1S/C15H22O3/c1-11(6-8-16)5-7-15-13(2,3)9-12(17)10-14(15,4)18-15/h5-8,12,17H,9-10H2,1-4H3/b7-5+,11-6-/t12-,14+,15-/m0/s1. The second-order valence-electron chi connectivity index (χ2n) is 6.39. The third kappa shape index (κ3) is 1.86. The van der Waals surface area contributed by atoms with E-state index >= 15 is 0 Å². The molecule has 0 amide bonds. The van der Waals surface area contributed by atoms with Gasteiger partial charge in [0.25, 0.3) is 0 Å².